The number of cyclic esters (lactones) is 1. The van der Waals surface area contributed by atoms with Crippen molar-refractivity contribution in [1.82, 2.24) is 4.90 Å². The molecule has 2 aromatic carbocycles. The van der Waals surface area contributed by atoms with Crippen molar-refractivity contribution < 1.29 is 23.9 Å². The van der Waals surface area contributed by atoms with Gasteiger partial charge < -0.3 is 14.4 Å². The van der Waals surface area contributed by atoms with Gasteiger partial charge in [-0.15, -0.1) is 0 Å². The summed E-state index contributed by atoms with van der Waals surface area (Å²) in [7, 11) is 0. The zero-order valence-corrected chi connectivity index (χ0v) is 17.0. The summed E-state index contributed by atoms with van der Waals surface area (Å²) >= 11 is 0. The minimum absolute atomic E-state index is 0.0955. The Bertz CT molecular complexity index is 1110. The van der Waals surface area contributed by atoms with Gasteiger partial charge in [0.25, 0.3) is 0 Å². The highest BCUT2D eigenvalue weighted by molar-refractivity contribution is 5.96. The topological polar surface area (TPSA) is 76.2 Å². The predicted molar refractivity (Wildman–Crippen MR) is 111 cm³/mol. The van der Waals surface area contributed by atoms with Crippen LogP contribution in [0.1, 0.15) is 40.7 Å². The van der Waals surface area contributed by atoms with Gasteiger partial charge in [-0.05, 0) is 36.6 Å². The van der Waals surface area contributed by atoms with E-state index in [4.69, 9.17) is 9.47 Å². The molecule has 3 heterocycles. The second-order valence-electron chi connectivity index (χ2n) is 8.80. The van der Waals surface area contributed by atoms with Crippen molar-refractivity contribution in [1.29, 1.82) is 0 Å². The number of carbonyl (C=O) groups is 3. The molecule has 1 aliphatic carbocycles. The van der Waals surface area contributed by atoms with Crippen LogP contribution in [0.4, 0.5) is 10.5 Å². The predicted octanol–water partition coefficient (Wildman–Crippen LogP) is 2.97. The number of esters is 1. The molecule has 158 valence electrons. The third-order valence-electron chi connectivity index (χ3n) is 7.10. The van der Waals surface area contributed by atoms with E-state index in [1.807, 2.05) is 47.4 Å². The van der Waals surface area contributed by atoms with E-state index < -0.39 is 11.0 Å². The molecule has 0 N–H and O–H groups in total. The summed E-state index contributed by atoms with van der Waals surface area (Å²) in [5, 5.41) is 0. The molecule has 0 aromatic heterocycles. The molecular formula is C24H22N2O5. The Balaban J connectivity index is 1.23. The molecule has 4 aliphatic rings. The highest BCUT2D eigenvalue weighted by atomic mass is 16.6. The number of fused-ring (bicyclic) bond motifs is 2. The molecular weight excluding hydrogens is 396 g/mol. The van der Waals surface area contributed by atoms with Crippen LogP contribution in [0.3, 0.4) is 0 Å². The summed E-state index contributed by atoms with van der Waals surface area (Å²) in [5.41, 5.74) is 2.01. The molecule has 3 fully saturated rings. The maximum absolute atomic E-state index is 13.6. The molecule has 0 bridgehead atoms. The van der Waals surface area contributed by atoms with E-state index in [1.165, 1.54) is 0 Å². The molecule has 2 saturated heterocycles. The molecule has 1 atom stereocenters. The third-order valence-corrected chi connectivity index (χ3v) is 7.10. The normalized spacial score (nSPS) is 25.5. The fraction of sp³-hybridized carbons (Fsp3) is 0.375. The average molecular weight is 418 g/mol. The maximum Gasteiger partial charge on any atom is 0.414 e. The first-order chi connectivity index (χ1) is 15.0. The molecule has 1 spiro atoms. The van der Waals surface area contributed by atoms with Gasteiger partial charge in [0.05, 0.1) is 24.1 Å². The number of carbonyl (C=O) groups excluding carboxylic acids is 3. The molecule has 7 nitrogen and oxygen atoms in total. The maximum atomic E-state index is 13.6. The summed E-state index contributed by atoms with van der Waals surface area (Å²) < 4.78 is 10.8. The van der Waals surface area contributed by atoms with Gasteiger partial charge in [-0.2, -0.15) is 0 Å². The number of anilines is 1. The molecule has 1 saturated carbocycles. The molecule has 3 aliphatic heterocycles. The average Bonchev–Trinajstić information content (AvgIpc) is 3.18. The van der Waals surface area contributed by atoms with Gasteiger partial charge in [-0.25, -0.2) is 9.59 Å². The monoisotopic (exact) mass is 418 g/mol. The lowest BCUT2D eigenvalue weighted by Gasteiger charge is -2.27. The first-order valence-corrected chi connectivity index (χ1v) is 10.7. The number of amides is 2. The van der Waals surface area contributed by atoms with Crippen LogP contribution in [0.25, 0.3) is 0 Å². The molecule has 7 heteroatoms. The summed E-state index contributed by atoms with van der Waals surface area (Å²) in [6, 6.07) is 15.1. The molecule has 0 radical (unpaired) electrons. The molecule has 1 unspecified atom stereocenters. The Hall–Kier alpha value is -3.35. The minimum atomic E-state index is -0.723. The quantitative estimate of drug-likeness (QED) is 0.717. The number of nitrogens with zero attached hydrogens (tertiary/aromatic N) is 2. The van der Waals surface area contributed by atoms with E-state index in [0.717, 1.165) is 29.7 Å². The number of hydrogen-bond donors (Lipinski definition) is 0. The standard InChI is InChI=1S/C24H22N2O5/c27-20-18-3-1-2-4-19(18)24(31-20)11-12-25(15-24)21(28)23(9-10-23)16-5-7-17(8-6-16)26-13-14-30-22(26)29/h1-8H,9-15H2. The van der Waals surface area contributed by atoms with Gasteiger partial charge in [-0.1, -0.05) is 30.3 Å². The largest absolute Gasteiger partial charge is 0.449 e. The summed E-state index contributed by atoms with van der Waals surface area (Å²) in [6.45, 7) is 1.90. The van der Waals surface area contributed by atoms with Gasteiger partial charge in [0.2, 0.25) is 5.91 Å². The summed E-state index contributed by atoms with van der Waals surface area (Å²) in [5.74, 6) is -0.208. The SMILES string of the molecule is O=C1OC2(CCN(C(=O)C3(c4ccc(N5CCOC5=O)cc4)CC3)C2)c2ccccc21. The van der Waals surface area contributed by atoms with Crippen molar-refractivity contribution in [2.24, 2.45) is 0 Å². The van der Waals surface area contributed by atoms with Crippen LogP contribution in [0.5, 0.6) is 0 Å². The van der Waals surface area contributed by atoms with Crippen molar-refractivity contribution in [3.8, 4) is 0 Å². The lowest BCUT2D eigenvalue weighted by Crippen LogP contribution is -2.40. The van der Waals surface area contributed by atoms with Crippen molar-refractivity contribution >= 4 is 23.7 Å². The number of ether oxygens (including phenoxy) is 2. The Kier molecular flexibility index (Phi) is 3.76. The Labute approximate surface area is 179 Å². The van der Waals surface area contributed by atoms with Crippen molar-refractivity contribution in [3.63, 3.8) is 0 Å². The van der Waals surface area contributed by atoms with Crippen LogP contribution in [-0.2, 0) is 25.3 Å². The van der Waals surface area contributed by atoms with E-state index in [0.29, 0.717) is 38.2 Å². The molecule has 31 heavy (non-hydrogen) atoms. The fourth-order valence-electron chi connectivity index (χ4n) is 5.25. The number of likely N-dealkylation sites (tertiary alicyclic amines) is 1. The van der Waals surface area contributed by atoms with Crippen LogP contribution in [0.2, 0.25) is 0 Å². The van der Waals surface area contributed by atoms with E-state index in [-0.39, 0.29) is 18.0 Å². The third kappa shape index (κ3) is 2.62. The van der Waals surface area contributed by atoms with Gasteiger partial charge in [0.15, 0.2) is 5.60 Å². The second-order valence-corrected chi connectivity index (χ2v) is 8.80. The van der Waals surface area contributed by atoms with Gasteiger partial charge in [-0.3, -0.25) is 9.69 Å². The second kappa shape index (κ2) is 6.33. The highest BCUT2D eigenvalue weighted by Gasteiger charge is 2.57. The lowest BCUT2D eigenvalue weighted by molar-refractivity contribution is -0.134. The lowest BCUT2D eigenvalue weighted by atomic mass is 9.91. The Morgan fingerprint density at radius 2 is 1.71 bits per heavy atom. The van der Waals surface area contributed by atoms with Gasteiger partial charge >= 0.3 is 12.1 Å². The minimum Gasteiger partial charge on any atom is -0.449 e. The van der Waals surface area contributed by atoms with Gasteiger partial charge in [0, 0.05) is 24.2 Å². The zero-order valence-electron chi connectivity index (χ0n) is 17.0. The number of hydrogen-bond acceptors (Lipinski definition) is 5. The van der Waals surface area contributed by atoms with Crippen LogP contribution < -0.4 is 4.90 Å². The van der Waals surface area contributed by atoms with Crippen LogP contribution >= 0.6 is 0 Å². The highest BCUT2D eigenvalue weighted by Crippen LogP contribution is 2.52. The van der Waals surface area contributed by atoms with E-state index >= 15 is 0 Å². The molecule has 2 amide bonds. The zero-order chi connectivity index (χ0) is 21.2. The van der Waals surface area contributed by atoms with E-state index in [2.05, 4.69) is 0 Å². The number of benzene rings is 2. The van der Waals surface area contributed by atoms with Gasteiger partial charge in [0.1, 0.15) is 6.61 Å². The number of rotatable bonds is 3. The fourth-order valence-corrected chi connectivity index (χ4v) is 5.25. The Morgan fingerprint density at radius 1 is 0.935 bits per heavy atom. The first kappa shape index (κ1) is 18.4. The van der Waals surface area contributed by atoms with Crippen molar-refractivity contribution in [2.75, 3.05) is 31.1 Å². The van der Waals surface area contributed by atoms with E-state index in [9.17, 15) is 14.4 Å². The first-order valence-electron chi connectivity index (χ1n) is 10.7. The van der Waals surface area contributed by atoms with Crippen LogP contribution in [-0.4, -0.2) is 49.1 Å². The van der Waals surface area contributed by atoms with Crippen molar-refractivity contribution in [3.05, 3.63) is 65.2 Å². The van der Waals surface area contributed by atoms with Crippen LogP contribution in [0.15, 0.2) is 48.5 Å². The smallest absolute Gasteiger partial charge is 0.414 e. The summed E-state index contributed by atoms with van der Waals surface area (Å²) in [6.07, 6.45) is 1.89. The van der Waals surface area contributed by atoms with Crippen LogP contribution in [0, 0.1) is 0 Å². The molecule has 2 aromatic rings. The molecule has 6 rings (SSSR count). The van der Waals surface area contributed by atoms with Crippen molar-refractivity contribution in [2.45, 2.75) is 30.3 Å². The van der Waals surface area contributed by atoms with E-state index in [1.54, 1.807) is 11.0 Å². The summed E-state index contributed by atoms with van der Waals surface area (Å²) in [4.78, 5) is 41.1. The Morgan fingerprint density at radius 3 is 2.42 bits per heavy atom.